The van der Waals surface area contributed by atoms with Gasteiger partial charge in [-0.3, -0.25) is 0 Å². The summed E-state index contributed by atoms with van der Waals surface area (Å²) in [4.78, 5) is 13.9. The highest BCUT2D eigenvalue weighted by Crippen LogP contribution is 2.25. The van der Waals surface area contributed by atoms with Gasteiger partial charge in [-0.15, -0.1) is 0 Å². The van der Waals surface area contributed by atoms with Gasteiger partial charge in [-0.1, -0.05) is 18.2 Å². The number of para-hydroxylation sites is 1. The topological polar surface area (TPSA) is 53.6 Å². The first-order chi connectivity index (χ1) is 9.84. The lowest BCUT2D eigenvalue weighted by atomic mass is 9.99. The van der Waals surface area contributed by atoms with E-state index in [1.807, 2.05) is 4.90 Å². The van der Waals surface area contributed by atoms with Gasteiger partial charge in [0.15, 0.2) is 0 Å². The van der Waals surface area contributed by atoms with Crippen molar-refractivity contribution in [3.63, 3.8) is 0 Å². The molecule has 0 spiro atoms. The Balaban J connectivity index is 1.62. The Morgan fingerprint density at radius 2 is 2.20 bits per heavy atom. The molecule has 2 amide bonds. The van der Waals surface area contributed by atoms with Crippen LogP contribution >= 0.6 is 0 Å². The zero-order valence-corrected chi connectivity index (χ0v) is 11.7. The van der Waals surface area contributed by atoms with Gasteiger partial charge < -0.3 is 20.3 Å². The highest BCUT2D eigenvalue weighted by Gasteiger charge is 2.17. The summed E-state index contributed by atoms with van der Waals surface area (Å²) >= 11 is 0. The van der Waals surface area contributed by atoms with Crippen molar-refractivity contribution in [2.45, 2.75) is 19.4 Å². The molecule has 0 unspecified atom stereocenters. The second-order valence-corrected chi connectivity index (χ2v) is 5.24. The van der Waals surface area contributed by atoms with Crippen molar-refractivity contribution in [3.05, 3.63) is 29.3 Å². The van der Waals surface area contributed by atoms with E-state index in [2.05, 4.69) is 28.8 Å². The summed E-state index contributed by atoms with van der Waals surface area (Å²) in [7, 11) is 0. The SMILES string of the molecule is O=C(NCc1cccc2c1NCCC2)N1CCOCC1. The molecule has 108 valence electrons. The normalized spacial score (nSPS) is 18.1. The molecule has 20 heavy (non-hydrogen) atoms. The summed E-state index contributed by atoms with van der Waals surface area (Å²) in [5.74, 6) is 0. The molecule has 2 heterocycles. The van der Waals surface area contributed by atoms with E-state index in [9.17, 15) is 4.79 Å². The molecule has 5 nitrogen and oxygen atoms in total. The number of morpholine rings is 1. The molecule has 1 aromatic rings. The second kappa shape index (κ2) is 6.13. The molecule has 0 saturated carbocycles. The Morgan fingerprint density at radius 3 is 3.05 bits per heavy atom. The number of urea groups is 1. The van der Waals surface area contributed by atoms with E-state index in [1.54, 1.807) is 0 Å². The van der Waals surface area contributed by atoms with Crippen LogP contribution in [0.2, 0.25) is 0 Å². The van der Waals surface area contributed by atoms with E-state index in [0.29, 0.717) is 32.8 Å². The monoisotopic (exact) mass is 275 g/mol. The van der Waals surface area contributed by atoms with E-state index in [1.165, 1.54) is 23.2 Å². The molecule has 0 bridgehead atoms. The fraction of sp³-hybridized carbons (Fsp3) is 0.533. The van der Waals surface area contributed by atoms with Gasteiger partial charge in [-0.05, 0) is 24.0 Å². The molecule has 1 aromatic carbocycles. The lowest BCUT2D eigenvalue weighted by molar-refractivity contribution is 0.0531. The minimum Gasteiger partial charge on any atom is -0.385 e. The number of fused-ring (bicyclic) bond motifs is 1. The van der Waals surface area contributed by atoms with Gasteiger partial charge in [0.05, 0.1) is 13.2 Å². The first kappa shape index (κ1) is 13.2. The zero-order valence-electron chi connectivity index (χ0n) is 11.7. The van der Waals surface area contributed by atoms with Gasteiger partial charge >= 0.3 is 6.03 Å². The minimum absolute atomic E-state index is 0.00159. The van der Waals surface area contributed by atoms with Crippen LogP contribution in [0.5, 0.6) is 0 Å². The number of carbonyl (C=O) groups excluding carboxylic acids is 1. The Hall–Kier alpha value is -1.75. The Kier molecular flexibility index (Phi) is 4.06. The molecule has 0 radical (unpaired) electrons. The predicted molar refractivity (Wildman–Crippen MR) is 77.9 cm³/mol. The van der Waals surface area contributed by atoms with Gasteiger partial charge in [-0.2, -0.15) is 0 Å². The Morgan fingerprint density at radius 1 is 1.35 bits per heavy atom. The number of carbonyl (C=O) groups is 1. The third-order valence-electron chi connectivity index (χ3n) is 3.89. The van der Waals surface area contributed by atoms with Crippen LogP contribution in [0.1, 0.15) is 17.5 Å². The van der Waals surface area contributed by atoms with E-state index < -0.39 is 0 Å². The van der Waals surface area contributed by atoms with Crippen molar-refractivity contribution in [1.29, 1.82) is 0 Å². The van der Waals surface area contributed by atoms with Gasteiger partial charge in [0.2, 0.25) is 0 Å². The standard InChI is InChI=1S/C15H21N3O2/c19-15(18-7-9-20-10-8-18)17-11-13-4-1-3-12-5-2-6-16-14(12)13/h1,3-4,16H,2,5-11H2,(H,17,19). The largest absolute Gasteiger partial charge is 0.385 e. The molecule has 2 aliphatic heterocycles. The maximum atomic E-state index is 12.1. The number of anilines is 1. The van der Waals surface area contributed by atoms with E-state index in [0.717, 1.165) is 13.0 Å². The maximum Gasteiger partial charge on any atom is 0.317 e. The maximum absolute atomic E-state index is 12.1. The highest BCUT2D eigenvalue weighted by molar-refractivity contribution is 5.74. The molecule has 1 fully saturated rings. The van der Waals surface area contributed by atoms with Gasteiger partial charge in [0.25, 0.3) is 0 Å². The number of nitrogens with one attached hydrogen (secondary N) is 2. The number of benzene rings is 1. The number of rotatable bonds is 2. The van der Waals surface area contributed by atoms with Crippen molar-refractivity contribution in [2.75, 3.05) is 38.2 Å². The number of hydrogen-bond donors (Lipinski definition) is 2. The number of amides is 2. The first-order valence-corrected chi connectivity index (χ1v) is 7.30. The quantitative estimate of drug-likeness (QED) is 0.862. The molecule has 2 N–H and O–H groups in total. The zero-order chi connectivity index (χ0) is 13.8. The van der Waals surface area contributed by atoms with Gasteiger partial charge in [-0.25, -0.2) is 4.79 Å². The molecular formula is C15H21N3O2. The fourth-order valence-electron chi connectivity index (χ4n) is 2.78. The van der Waals surface area contributed by atoms with E-state index >= 15 is 0 Å². The molecular weight excluding hydrogens is 254 g/mol. The van der Waals surface area contributed by atoms with Crippen LogP contribution < -0.4 is 10.6 Å². The highest BCUT2D eigenvalue weighted by atomic mass is 16.5. The van der Waals surface area contributed by atoms with E-state index in [-0.39, 0.29) is 6.03 Å². The number of aryl methyl sites for hydroxylation is 1. The van der Waals surface area contributed by atoms with Gasteiger partial charge in [0, 0.05) is 31.9 Å². The summed E-state index contributed by atoms with van der Waals surface area (Å²) in [5.41, 5.74) is 3.74. The molecule has 5 heteroatoms. The van der Waals surface area contributed by atoms with Crippen LogP contribution in [0, 0.1) is 0 Å². The Bertz CT molecular complexity index is 484. The third kappa shape index (κ3) is 2.88. The van der Waals surface area contributed by atoms with Crippen molar-refractivity contribution >= 4 is 11.7 Å². The fourth-order valence-corrected chi connectivity index (χ4v) is 2.78. The van der Waals surface area contributed by atoms with Gasteiger partial charge in [0.1, 0.15) is 0 Å². The molecule has 1 saturated heterocycles. The van der Waals surface area contributed by atoms with Crippen LogP contribution in [-0.4, -0.2) is 43.8 Å². The Labute approximate surface area is 119 Å². The summed E-state index contributed by atoms with van der Waals surface area (Å²) in [6.45, 7) is 4.22. The molecule has 2 aliphatic rings. The first-order valence-electron chi connectivity index (χ1n) is 7.30. The molecule has 0 atom stereocenters. The lowest BCUT2D eigenvalue weighted by Crippen LogP contribution is -2.46. The third-order valence-corrected chi connectivity index (χ3v) is 3.89. The van der Waals surface area contributed by atoms with Crippen LogP contribution in [0.25, 0.3) is 0 Å². The average Bonchev–Trinajstić information content (AvgIpc) is 2.53. The van der Waals surface area contributed by atoms with Crippen LogP contribution in [0.4, 0.5) is 10.5 Å². The van der Waals surface area contributed by atoms with E-state index in [4.69, 9.17) is 4.74 Å². The average molecular weight is 275 g/mol. The predicted octanol–water partition coefficient (Wildman–Crippen LogP) is 1.59. The summed E-state index contributed by atoms with van der Waals surface area (Å²) < 4.78 is 5.26. The van der Waals surface area contributed by atoms with Crippen LogP contribution in [-0.2, 0) is 17.7 Å². The number of nitrogens with zero attached hydrogens (tertiary/aromatic N) is 1. The lowest BCUT2D eigenvalue weighted by Gasteiger charge is -2.27. The molecule has 0 aliphatic carbocycles. The van der Waals surface area contributed by atoms with Crippen molar-refractivity contribution in [1.82, 2.24) is 10.2 Å². The number of ether oxygens (including phenoxy) is 1. The number of hydrogen-bond acceptors (Lipinski definition) is 3. The second-order valence-electron chi connectivity index (χ2n) is 5.24. The molecule has 0 aromatic heterocycles. The van der Waals surface area contributed by atoms with Crippen molar-refractivity contribution in [2.24, 2.45) is 0 Å². The smallest absolute Gasteiger partial charge is 0.317 e. The summed E-state index contributed by atoms with van der Waals surface area (Å²) in [6, 6.07) is 6.31. The summed E-state index contributed by atoms with van der Waals surface area (Å²) in [5, 5.41) is 6.46. The minimum atomic E-state index is 0.00159. The van der Waals surface area contributed by atoms with Crippen molar-refractivity contribution in [3.8, 4) is 0 Å². The van der Waals surface area contributed by atoms with Crippen LogP contribution in [0.15, 0.2) is 18.2 Å². The molecule has 3 rings (SSSR count). The van der Waals surface area contributed by atoms with Crippen LogP contribution in [0.3, 0.4) is 0 Å². The van der Waals surface area contributed by atoms with Crippen molar-refractivity contribution < 1.29 is 9.53 Å². The summed E-state index contributed by atoms with van der Waals surface area (Å²) in [6.07, 6.45) is 2.30.